The van der Waals surface area contributed by atoms with Crippen LogP contribution in [0.5, 0.6) is 5.75 Å². The molecule has 0 aliphatic carbocycles. The number of primary amides is 4. The number of nitrogens with two attached hydrogens (primary N) is 4. The number of para-hydroxylation sites is 2. The number of hydrogen-bond acceptors (Lipinski definition) is 21. The van der Waals surface area contributed by atoms with Crippen LogP contribution in [-0.4, -0.2) is 214 Å². The molecule has 0 fully saturated rings. The maximum atomic E-state index is 15.4. The molecule has 0 aliphatic heterocycles. The van der Waals surface area contributed by atoms with Gasteiger partial charge in [0.25, 0.3) is 0 Å². The van der Waals surface area contributed by atoms with Gasteiger partial charge in [0, 0.05) is 89.1 Å². The van der Waals surface area contributed by atoms with E-state index < -0.39 is 246 Å². The fourth-order valence-corrected chi connectivity index (χ4v) is 12.8. The van der Waals surface area contributed by atoms with Gasteiger partial charge in [-0.2, -0.15) is 25.3 Å². The van der Waals surface area contributed by atoms with Crippen LogP contribution >= 0.6 is 25.3 Å². The molecule has 16 amide bonds. The SMILES string of the molecule is CC(=O)N[C@H](C(=O)N[C@@H](CCC(N)=O)C(=O)N[C@H](C(=O)N[C@@H](Cc1c[nH]c2ccccc12)C(=O)N[C@@H](CCC(N)=O)C(=O)N[C@H](C(=O)N[C@@H](Cc1ccc(O)cc1)C(=O)N[C@@H](Cc1c[nH]c2ccccc12)C(=O)N[C@@](C)(CC(C)C)C(=O)N[C@@H](CCC(=O)O)C(=O)N[C@@H](CC(N)=O)C(=O)NCC(N)=O)C(C)(C)S)[C@@H](C)O)C(C)(C)S. The molecular weight excluding hydrogens is 1540 g/mol. The van der Waals surface area contributed by atoms with Crippen LogP contribution in [0.2, 0.25) is 0 Å². The summed E-state index contributed by atoms with van der Waals surface area (Å²) < 4.78 is -2.85. The summed E-state index contributed by atoms with van der Waals surface area (Å²) in [4.78, 5) is 239. The highest BCUT2D eigenvalue weighted by molar-refractivity contribution is 7.82. The van der Waals surface area contributed by atoms with Crippen LogP contribution < -0.4 is 86.7 Å². The number of aromatic nitrogens is 2. The van der Waals surface area contributed by atoms with E-state index in [2.05, 4.69) is 86.4 Å². The number of aliphatic hydroxyl groups excluding tert-OH is 1. The first-order valence-electron chi connectivity index (χ1n) is 36.6. The van der Waals surface area contributed by atoms with Crippen LogP contribution in [0.1, 0.15) is 130 Å². The smallest absolute Gasteiger partial charge is 0.303 e. The van der Waals surface area contributed by atoms with Crippen molar-refractivity contribution >= 4 is 148 Å². The summed E-state index contributed by atoms with van der Waals surface area (Å²) in [6, 6.07) is 1.84. The number of phenols is 1. The van der Waals surface area contributed by atoms with Gasteiger partial charge in [-0.3, -0.25) is 81.5 Å². The predicted molar refractivity (Wildman–Crippen MR) is 424 cm³/mol. The zero-order chi connectivity index (χ0) is 86.1. The van der Waals surface area contributed by atoms with Crippen LogP contribution in [0.25, 0.3) is 21.8 Å². The third-order valence-corrected chi connectivity index (χ3v) is 18.7. The van der Waals surface area contributed by atoms with Crippen LogP contribution in [-0.2, 0) is 101 Å². The van der Waals surface area contributed by atoms with E-state index in [1.807, 2.05) is 0 Å². The summed E-state index contributed by atoms with van der Waals surface area (Å²) >= 11 is 9.12. The van der Waals surface area contributed by atoms with Gasteiger partial charge in [0.1, 0.15) is 71.7 Å². The molecule has 0 spiro atoms. The molecule has 12 atom stereocenters. The van der Waals surface area contributed by atoms with Crippen molar-refractivity contribution in [2.24, 2.45) is 28.9 Å². The van der Waals surface area contributed by atoms with Crippen LogP contribution in [0, 0.1) is 5.92 Å². The summed E-state index contributed by atoms with van der Waals surface area (Å²) in [5.74, 6) is -18.8. The summed E-state index contributed by atoms with van der Waals surface area (Å²) in [6.07, 6.45) is -4.27. The highest BCUT2D eigenvalue weighted by Crippen LogP contribution is 2.26. The van der Waals surface area contributed by atoms with Crippen molar-refractivity contribution in [2.45, 2.75) is 214 Å². The Morgan fingerprint density at radius 3 is 1.32 bits per heavy atom. The minimum atomic E-state index is -2.05. The third-order valence-electron chi connectivity index (χ3n) is 18.2. The monoisotopic (exact) mass is 1640 g/mol. The van der Waals surface area contributed by atoms with Crippen molar-refractivity contribution in [3.05, 3.63) is 102 Å². The van der Waals surface area contributed by atoms with E-state index in [0.717, 1.165) is 13.8 Å². The van der Waals surface area contributed by atoms with Crippen molar-refractivity contribution in [3.63, 3.8) is 0 Å². The van der Waals surface area contributed by atoms with Crippen molar-refractivity contribution < 1.29 is 96.8 Å². The molecule has 3 aromatic carbocycles. The zero-order valence-electron chi connectivity index (χ0n) is 65.0. The molecule has 2 aromatic heterocycles. The second-order valence-corrected chi connectivity index (χ2v) is 32.0. The Hall–Kier alpha value is -11.8. The van der Waals surface area contributed by atoms with Crippen molar-refractivity contribution in [1.29, 1.82) is 0 Å². The number of hydrogen-bond donors (Lipinski definition) is 23. The lowest BCUT2D eigenvalue weighted by Gasteiger charge is -2.35. The van der Waals surface area contributed by atoms with Crippen molar-refractivity contribution in [1.82, 2.24) is 73.8 Å². The Labute approximate surface area is 672 Å². The maximum absolute atomic E-state index is 15.4. The number of benzene rings is 3. The average molecular weight is 1640 g/mol. The lowest BCUT2D eigenvalue weighted by molar-refractivity contribution is -0.140. The molecule has 40 heteroatoms. The van der Waals surface area contributed by atoms with E-state index in [-0.39, 0.29) is 25.0 Å². The predicted octanol–water partition coefficient (Wildman–Crippen LogP) is -3.16. The largest absolute Gasteiger partial charge is 0.508 e. The Kier molecular flexibility index (Phi) is 34.5. The number of phenolic OH excluding ortho intramolecular Hbond substituents is 1. The molecule has 5 rings (SSSR count). The van der Waals surface area contributed by atoms with E-state index in [9.17, 15) is 72.9 Å². The summed E-state index contributed by atoms with van der Waals surface area (Å²) in [5, 5.41) is 62.1. The van der Waals surface area contributed by atoms with Crippen molar-refractivity contribution in [3.8, 4) is 5.75 Å². The molecule has 115 heavy (non-hydrogen) atoms. The lowest BCUT2D eigenvalue weighted by atomic mass is 9.88. The summed E-state index contributed by atoms with van der Waals surface area (Å²) in [7, 11) is 0. The fraction of sp³-hybridized carbons (Fsp3) is 0.480. The first-order valence-corrected chi connectivity index (χ1v) is 37.5. The van der Waals surface area contributed by atoms with Gasteiger partial charge in [-0.05, 0) is 114 Å². The van der Waals surface area contributed by atoms with Gasteiger partial charge in [0.15, 0.2) is 0 Å². The Morgan fingerprint density at radius 2 is 0.861 bits per heavy atom. The Balaban J connectivity index is 1.53. The number of aliphatic carboxylic acids is 1. The number of aromatic hydroxyl groups is 1. The molecule has 0 aliphatic rings. The molecule has 25 N–H and O–H groups in total. The highest BCUT2D eigenvalue weighted by Gasteiger charge is 2.44. The van der Waals surface area contributed by atoms with Gasteiger partial charge in [0.2, 0.25) is 94.5 Å². The number of rotatable bonds is 46. The minimum Gasteiger partial charge on any atom is -0.508 e. The molecule has 0 radical (unpaired) electrons. The van der Waals surface area contributed by atoms with E-state index in [4.69, 9.17) is 35.6 Å². The molecular formula is C75H104N18O20S2. The number of nitrogens with one attached hydrogen (secondary N) is 14. The summed E-state index contributed by atoms with van der Waals surface area (Å²) in [5.41, 5.74) is 21.9. The zero-order valence-corrected chi connectivity index (χ0v) is 66.8. The first kappa shape index (κ1) is 93.8. The molecule has 5 aromatic rings. The number of thiol groups is 2. The number of H-pyrrole nitrogens is 2. The van der Waals surface area contributed by atoms with E-state index in [1.54, 1.807) is 68.6 Å². The maximum Gasteiger partial charge on any atom is 0.303 e. The molecule has 626 valence electrons. The van der Waals surface area contributed by atoms with Crippen molar-refractivity contribution in [2.75, 3.05) is 6.54 Å². The second-order valence-electron chi connectivity index (χ2n) is 29.7. The molecule has 2 heterocycles. The standard InChI is InChI=1S/C75H104N18O20S2/c1-36(2)32-75(9,72(113)90-49(24-27-58(101)102)63(104)87-53(31-56(78)99)62(103)82-35-57(79)100)93-68(109)52(30-41-34-81-46-17-13-11-15-44(41)46)86-66(107)50(28-39-18-20-42(96)21-19-39)89-71(112)61(74(7,8)115)92-65(106)48(23-26-55(77)98)84-67(108)51(29-40-33-80-45-16-12-10-14-43(40)45)88-69(110)59(37(3)94)91-64(105)47(22-25-54(76)97)85-70(111)60(73(5,6)114)83-38(4)95/h10-21,33-34,36-37,47-53,59-61,80-81,94,96,114-115H,22-32,35H2,1-9H3,(H2,76,97)(H2,77,98)(H2,78,99)(H2,79,100)(H,82,103)(H,83,95)(H,84,108)(H,85,111)(H,86,107)(H,87,104)(H,88,110)(H,89,112)(H,90,113)(H,91,105)(H,92,106)(H,93,109)(H,101,102)/t37-,47+,48+,49+,50+,51+,52+,53+,59+,60-,61-,75+/m1/s1. The number of carbonyl (C=O) groups excluding carboxylic acids is 16. The third kappa shape index (κ3) is 29.6. The topological polar surface area (TPSA) is 631 Å². The number of carbonyl (C=O) groups is 17. The van der Waals surface area contributed by atoms with Gasteiger partial charge in [0.05, 0.1) is 19.1 Å². The fourth-order valence-electron chi connectivity index (χ4n) is 12.4. The number of aliphatic hydroxyl groups is 1. The Bertz CT molecular complexity index is 4400. The van der Waals surface area contributed by atoms with Gasteiger partial charge in [-0.1, -0.05) is 62.4 Å². The molecule has 0 saturated heterocycles. The van der Waals surface area contributed by atoms with Crippen LogP contribution in [0.15, 0.2) is 85.2 Å². The van der Waals surface area contributed by atoms with Gasteiger partial charge >= 0.3 is 5.97 Å². The first-order chi connectivity index (χ1) is 53.7. The Morgan fingerprint density at radius 1 is 0.452 bits per heavy atom. The van der Waals surface area contributed by atoms with Gasteiger partial charge in [-0.15, -0.1) is 0 Å². The minimum absolute atomic E-state index is 0.193. The highest BCUT2D eigenvalue weighted by atomic mass is 32.1. The quantitative estimate of drug-likeness (QED) is 0.0171. The molecule has 38 nitrogen and oxygen atoms in total. The van der Waals surface area contributed by atoms with Gasteiger partial charge < -0.3 is 112 Å². The molecule has 0 saturated carbocycles. The van der Waals surface area contributed by atoms with Crippen LogP contribution in [0.3, 0.4) is 0 Å². The number of carboxylic acid groups (broad SMARTS) is 1. The van der Waals surface area contributed by atoms with E-state index in [0.29, 0.717) is 38.5 Å². The lowest BCUT2D eigenvalue weighted by Crippen LogP contribution is -2.65. The average Bonchev–Trinajstić information content (AvgIpc) is 1.64. The number of aromatic amines is 2. The number of amides is 16. The van der Waals surface area contributed by atoms with Crippen LogP contribution in [0.4, 0.5) is 0 Å². The number of fused-ring (bicyclic) bond motifs is 2. The molecule has 0 unspecified atom stereocenters. The summed E-state index contributed by atoms with van der Waals surface area (Å²) in [6.45, 7) is 12.0. The van der Waals surface area contributed by atoms with E-state index in [1.165, 1.54) is 65.1 Å². The van der Waals surface area contributed by atoms with Gasteiger partial charge in [-0.25, -0.2) is 0 Å². The second kappa shape index (κ2) is 42.3. The normalized spacial score (nSPS) is 14.9. The van der Waals surface area contributed by atoms with E-state index >= 15 is 24.0 Å². The molecule has 0 bridgehead atoms. The number of carboxylic acids is 1.